The number of carbonyl (C=O) groups is 2. The van der Waals surface area contributed by atoms with Crippen LogP contribution in [0.3, 0.4) is 0 Å². The molecule has 136 valence electrons. The van der Waals surface area contributed by atoms with E-state index in [1.807, 2.05) is 0 Å². The Morgan fingerprint density at radius 3 is 2.69 bits per heavy atom. The van der Waals surface area contributed by atoms with Gasteiger partial charge in [-0.2, -0.15) is 0 Å². The number of hydrogen-bond donors (Lipinski definition) is 3. The van der Waals surface area contributed by atoms with Crippen molar-refractivity contribution in [2.45, 2.75) is 0 Å². The molecule has 0 atom stereocenters. The number of hydrogen-bond acceptors (Lipinski definition) is 5. The summed E-state index contributed by atoms with van der Waals surface area (Å²) >= 11 is 0. The van der Waals surface area contributed by atoms with Gasteiger partial charge in [0.1, 0.15) is 5.82 Å². The molecular formula is C18H17FN2O5. The first-order valence-electron chi connectivity index (χ1n) is 7.50. The summed E-state index contributed by atoms with van der Waals surface area (Å²) < 4.78 is 23.7. The molecule has 2 rings (SSSR count). The zero-order valence-electron chi connectivity index (χ0n) is 13.9. The van der Waals surface area contributed by atoms with E-state index in [0.717, 1.165) is 6.08 Å². The minimum absolute atomic E-state index is 0.297. The van der Waals surface area contributed by atoms with Gasteiger partial charge in [0.15, 0.2) is 18.1 Å². The fourth-order valence-electron chi connectivity index (χ4n) is 2.02. The highest BCUT2D eigenvalue weighted by atomic mass is 19.1. The quantitative estimate of drug-likeness (QED) is 0.400. The molecule has 0 aromatic heterocycles. The number of amides is 2. The van der Waals surface area contributed by atoms with Gasteiger partial charge >= 0.3 is 0 Å². The molecule has 0 saturated heterocycles. The molecule has 26 heavy (non-hydrogen) atoms. The molecule has 0 aliphatic carbocycles. The van der Waals surface area contributed by atoms with Gasteiger partial charge in [-0.3, -0.25) is 14.8 Å². The van der Waals surface area contributed by atoms with Crippen LogP contribution in [-0.4, -0.2) is 30.7 Å². The van der Waals surface area contributed by atoms with Gasteiger partial charge in [-0.15, -0.1) is 0 Å². The Morgan fingerprint density at radius 2 is 2.00 bits per heavy atom. The molecule has 2 amide bonds. The SMILES string of the molecule is COc1cc(/C=C/C(=O)NO)ccc1OCC(=O)Nc1cccc(F)c1. The van der Waals surface area contributed by atoms with E-state index in [2.05, 4.69) is 5.32 Å². The molecule has 0 unspecified atom stereocenters. The highest BCUT2D eigenvalue weighted by Gasteiger charge is 2.09. The largest absolute Gasteiger partial charge is 0.493 e. The monoisotopic (exact) mass is 360 g/mol. The molecule has 2 aromatic rings. The number of hydroxylamine groups is 1. The summed E-state index contributed by atoms with van der Waals surface area (Å²) in [5.74, 6) is -0.899. The van der Waals surface area contributed by atoms with E-state index < -0.39 is 17.6 Å². The first-order valence-corrected chi connectivity index (χ1v) is 7.50. The van der Waals surface area contributed by atoms with Crippen LogP contribution in [0.1, 0.15) is 5.56 Å². The third-order valence-corrected chi connectivity index (χ3v) is 3.19. The molecule has 0 radical (unpaired) electrons. The fourth-order valence-corrected chi connectivity index (χ4v) is 2.02. The van der Waals surface area contributed by atoms with Crippen molar-refractivity contribution in [2.75, 3.05) is 19.0 Å². The average molecular weight is 360 g/mol. The lowest BCUT2D eigenvalue weighted by atomic mass is 10.2. The topological polar surface area (TPSA) is 96.9 Å². The molecule has 0 fully saturated rings. The van der Waals surface area contributed by atoms with Gasteiger partial charge < -0.3 is 14.8 Å². The van der Waals surface area contributed by atoms with E-state index in [0.29, 0.717) is 22.7 Å². The van der Waals surface area contributed by atoms with Gasteiger partial charge in [-0.1, -0.05) is 12.1 Å². The van der Waals surface area contributed by atoms with Gasteiger partial charge in [-0.05, 0) is 42.0 Å². The van der Waals surface area contributed by atoms with Crippen LogP contribution < -0.4 is 20.3 Å². The number of methoxy groups -OCH3 is 1. The average Bonchev–Trinajstić information content (AvgIpc) is 2.64. The van der Waals surface area contributed by atoms with Crippen LogP contribution >= 0.6 is 0 Å². The third kappa shape index (κ3) is 5.60. The Bertz CT molecular complexity index is 823. The number of anilines is 1. The summed E-state index contributed by atoms with van der Waals surface area (Å²) in [6.45, 7) is -0.297. The van der Waals surface area contributed by atoms with E-state index in [4.69, 9.17) is 14.7 Å². The molecular weight excluding hydrogens is 343 g/mol. The summed E-state index contributed by atoms with van der Waals surface area (Å²) in [5.41, 5.74) is 2.44. The molecule has 0 bridgehead atoms. The van der Waals surface area contributed by atoms with Gasteiger partial charge in [0, 0.05) is 11.8 Å². The number of carbonyl (C=O) groups excluding carboxylic acids is 2. The molecule has 2 aromatic carbocycles. The summed E-state index contributed by atoms with van der Waals surface area (Å²) in [6.07, 6.45) is 2.61. The van der Waals surface area contributed by atoms with E-state index in [-0.39, 0.29) is 6.61 Å². The second-order valence-electron chi connectivity index (χ2n) is 5.07. The maximum Gasteiger partial charge on any atom is 0.267 e. The number of ether oxygens (including phenoxy) is 2. The zero-order chi connectivity index (χ0) is 18.9. The maximum absolute atomic E-state index is 13.1. The van der Waals surface area contributed by atoms with Gasteiger partial charge in [0.25, 0.3) is 11.8 Å². The van der Waals surface area contributed by atoms with Gasteiger partial charge in [0.2, 0.25) is 0 Å². The maximum atomic E-state index is 13.1. The molecule has 3 N–H and O–H groups in total. The number of benzene rings is 2. The van der Waals surface area contributed by atoms with Crippen molar-refractivity contribution in [1.29, 1.82) is 0 Å². The Labute approximate surface area is 149 Å². The Morgan fingerprint density at radius 1 is 1.19 bits per heavy atom. The lowest BCUT2D eigenvalue weighted by Gasteiger charge is -2.11. The van der Waals surface area contributed by atoms with E-state index >= 15 is 0 Å². The highest BCUT2D eigenvalue weighted by molar-refractivity contribution is 5.92. The predicted octanol–water partition coefficient (Wildman–Crippen LogP) is 2.37. The summed E-state index contributed by atoms with van der Waals surface area (Å²) in [4.78, 5) is 22.9. The third-order valence-electron chi connectivity index (χ3n) is 3.19. The molecule has 0 spiro atoms. The smallest absolute Gasteiger partial charge is 0.267 e. The van der Waals surface area contributed by atoms with Crippen molar-refractivity contribution in [3.05, 3.63) is 59.9 Å². The Kier molecular flexibility index (Phi) is 6.69. The van der Waals surface area contributed by atoms with Crippen molar-refractivity contribution >= 4 is 23.6 Å². The minimum Gasteiger partial charge on any atom is -0.493 e. The van der Waals surface area contributed by atoms with E-state index in [1.165, 1.54) is 36.9 Å². The minimum atomic E-state index is -0.668. The first-order chi connectivity index (χ1) is 12.5. The highest BCUT2D eigenvalue weighted by Crippen LogP contribution is 2.28. The molecule has 8 heteroatoms. The second kappa shape index (κ2) is 9.19. The molecule has 0 aliphatic heterocycles. The van der Waals surface area contributed by atoms with Crippen LogP contribution in [0.4, 0.5) is 10.1 Å². The second-order valence-corrected chi connectivity index (χ2v) is 5.07. The van der Waals surface area contributed by atoms with E-state index in [9.17, 15) is 14.0 Å². The van der Waals surface area contributed by atoms with Crippen LogP contribution in [0.15, 0.2) is 48.5 Å². The molecule has 7 nitrogen and oxygen atoms in total. The van der Waals surface area contributed by atoms with Crippen molar-refractivity contribution in [3.8, 4) is 11.5 Å². The number of halogens is 1. The van der Waals surface area contributed by atoms with Crippen LogP contribution in [0.2, 0.25) is 0 Å². The standard InChI is InChI=1S/C18H17FN2O5/c1-25-16-9-12(6-8-17(22)21-24)5-7-15(16)26-11-18(23)20-14-4-2-3-13(19)10-14/h2-10,24H,11H2,1H3,(H,20,23)(H,21,22)/b8-6+. The Balaban J connectivity index is 1.99. The number of nitrogens with one attached hydrogen (secondary N) is 2. The molecule has 0 heterocycles. The summed E-state index contributed by atoms with van der Waals surface area (Å²) in [5, 5.41) is 11.0. The first kappa shape index (κ1) is 18.9. The van der Waals surface area contributed by atoms with Crippen LogP contribution in [0.25, 0.3) is 6.08 Å². The normalized spacial score (nSPS) is 10.4. The van der Waals surface area contributed by atoms with E-state index in [1.54, 1.807) is 24.3 Å². The number of rotatable bonds is 7. The van der Waals surface area contributed by atoms with Crippen LogP contribution in [0, 0.1) is 5.82 Å². The van der Waals surface area contributed by atoms with Crippen LogP contribution in [-0.2, 0) is 9.59 Å². The lowest BCUT2D eigenvalue weighted by Crippen LogP contribution is -2.20. The van der Waals surface area contributed by atoms with Crippen molar-refractivity contribution in [3.63, 3.8) is 0 Å². The zero-order valence-corrected chi connectivity index (χ0v) is 13.9. The van der Waals surface area contributed by atoms with Crippen LogP contribution in [0.5, 0.6) is 11.5 Å². The fraction of sp³-hybridized carbons (Fsp3) is 0.111. The summed E-state index contributed by atoms with van der Waals surface area (Å²) in [6, 6.07) is 10.3. The van der Waals surface area contributed by atoms with Gasteiger partial charge in [-0.25, -0.2) is 9.87 Å². The van der Waals surface area contributed by atoms with Crippen molar-refractivity contribution in [1.82, 2.24) is 5.48 Å². The van der Waals surface area contributed by atoms with Crippen molar-refractivity contribution < 1.29 is 28.7 Å². The molecule has 0 aliphatic rings. The van der Waals surface area contributed by atoms with Gasteiger partial charge in [0.05, 0.1) is 7.11 Å². The lowest BCUT2D eigenvalue weighted by molar-refractivity contribution is -0.124. The predicted molar refractivity (Wildman–Crippen MR) is 92.5 cm³/mol. The van der Waals surface area contributed by atoms with Crippen molar-refractivity contribution in [2.24, 2.45) is 0 Å². The molecule has 0 saturated carbocycles. The Hall–Kier alpha value is -3.39. The summed E-state index contributed by atoms with van der Waals surface area (Å²) in [7, 11) is 1.43.